The van der Waals surface area contributed by atoms with Crippen LogP contribution in [0.3, 0.4) is 0 Å². The first-order valence-electron chi connectivity index (χ1n) is 9.93. The predicted molar refractivity (Wildman–Crippen MR) is 122 cm³/mol. The number of aryl methyl sites for hydroxylation is 1. The summed E-state index contributed by atoms with van der Waals surface area (Å²) in [6.45, 7) is 1.91. The van der Waals surface area contributed by atoms with E-state index < -0.39 is 23.5 Å². The lowest BCUT2D eigenvalue weighted by atomic mass is 9.95. The first-order valence-corrected chi connectivity index (χ1v) is 10.7. The molecule has 32 heavy (non-hydrogen) atoms. The number of amides is 1. The zero-order valence-electron chi connectivity index (χ0n) is 16.9. The van der Waals surface area contributed by atoms with Crippen LogP contribution < -0.4 is 4.90 Å². The second kappa shape index (κ2) is 7.69. The van der Waals surface area contributed by atoms with E-state index in [1.54, 1.807) is 12.1 Å². The van der Waals surface area contributed by atoms with Gasteiger partial charge in [-0.2, -0.15) is 0 Å². The number of hydrogen-bond acceptors (Lipinski definition) is 5. The maximum absolute atomic E-state index is 13.6. The van der Waals surface area contributed by atoms with Crippen molar-refractivity contribution >= 4 is 44.1 Å². The van der Waals surface area contributed by atoms with Gasteiger partial charge in [0.25, 0.3) is 5.78 Å². The number of carbonyl (C=O) groups is 2. The molecule has 7 heteroatoms. The van der Waals surface area contributed by atoms with Crippen LogP contribution in [0.2, 0.25) is 0 Å². The third-order valence-electron chi connectivity index (χ3n) is 5.44. The van der Waals surface area contributed by atoms with Crippen molar-refractivity contribution in [1.29, 1.82) is 0 Å². The first-order chi connectivity index (χ1) is 15.4. The van der Waals surface area contributed by atoms with Crippen molar-refractivity contribution in [2.75, 3.05) is 4.90 Å². The number of rotatable bonds is 3. The van der Waals surface area contributed by atoms with Gasteiger partial charge in [-0.25, -0.2) is 9.37 Å². The van der Waals surface area contributed by atoms with Crippen molar-refractivity contribution in [2.45, 2.75) is 13.0 Å². The van der Waals surface area contributed by atoms with Gasteiger partial charge in [0.05, 0.1) is 21.8 Å². The molecule has 0 bridgehead atoms. The molecule has 1 N–H and O–H groups in total. The number of ketones is 1. The molecular weight excluding hydrogens is 427 g/mol. The molecule has 3 aromatic carbocycles. The number of aromatic nitrogens is 1. The number of hydrogen-bond donors (Lipinski definition) is 1. The Hall–Kier alpha value is -3.84. The lowest BCUT2D eigenvalue weighted by Gasteiger charge is -2.23. The Balaban J connectivity index is 1.73. The number of fused-ring (bicyclic) bond motifs is 1. The molecule has 0 spiro atoms. The minimum Gasteiger partial charge on any atom is -0.507 e. The topological polar surface area (TPSA) is 70.5 Å². The van der Waals surface area contributed by atoms with E-state index in [2.05, 4.69) is 4.98 Å². The highest BCUT2D eigenvalue weighted by molar-refractivity contribution is 7.22. The van der Waals surface area contributed by atoms with E-state index in [1.807, 2.05) is 43.3 Å². The zero-order chi connectivity index (χ0) is 22.4. The highest BCUT2D eigenvalue weighted by Crippen LogP contribution is 2.44. The SMILES string of the molecule is Cc1ccc(C(O)=C2C(=O)C(=O)N(c3nc4ccccc4s3)C2c2ccc(F)cc2)cc1. The number of anilines is 1. The maximum atomic E-state index is 13.6. The summed E-state index contributed by atoms with van der Waals surface area (Å²) in [5.41, 5.74) is 2.56. The van der Waals surface area contributed by atoms with Gasteiger partial charge in [0.2, 0.25) is 0 Å². The Morgan fingerprint density at radius 2 is 1.69 bits per heavy atom. The number of aliphatic hydroxyl groups excluding tert-OH is 1. The van der Waals surface area contributed by atoms with Crippen molar-refractivity contribution in [3.63, 3.8) is 0 Å². The lowest BCUT2D eigenvalue weighted by molar-refractivity contribution is -0.132. The Bertz CT molecular complexity index is 1360. The second-order valence-corrected chi connectivity index (χ2v) is 8.56. The smallest absolute Gasteiger partial charge is 0.301 e. The van der Waals surface area contributed by atoms with Crippen LogP contribution in [0, 0.1) is 12.7 Å². The molecule has 4 aromatic rings. The minimum atomic E-state index is -0.933. The highest BCUT2D eigenvalue weighted by Gasteiger charge is 2.48. The van der Waals surface area contributed by atoms with Crippen LogP contribution in [0.1, 0.15) is 22.7 Å². The maximum Gasteiger partial charge on any atom is 0.301 e. The summed E-state index contributed by atoms with van der Waals surface area (Å²) in [6.07, 6.45) is 0. The predicted octanol–water partition coefficient (Wildman–Crippen LogP) is 5.37. The summed E-state index contributed by atoms with van der Waals surface area (Å²) in [5.74, 6) is -2.31. The van der Waals surface area contributed by atoms with Crippen LogP contribution in [-0.4, -0.2) is 21.8 Å². The van der Waals surface area contributed by atoms with Crippen molar-refractivity contribution < 1.29 is 19.1 Å². The molecule has 1 amide bonds. The molecule has 0 radical (unpaired) electrons. The van der Waals surface area contributed by atoms with Crippen LogP contribution in [0.4, 0.5) is 9.52 Å². The second-order valence-electron chi connectivity index (χ2n) is 7.55. The fourth-order valence-electron chi connectivity index (χ4n) is 3.82. The summed E-state index contributed by atoms with van der Waals surface area (Å²) in [7, 11) is 0. The van der Waals surface area contributed by atoms with Crippen molar-refractivity contribution in [1.82, 2.24) is 4.98 Å². The van der Waals surface area contributed by atoms with Gasteiger partial charge in [-0.1, -0.05) is 65.4 Å². The van der Waals surface area contributed by atoms with Gasteiger partial charge in [-0.15, -0.1) is 0 Å². The van der Waals surface area contributed by atoms with Crippen LogP contribution in [0.5, 0.6) is 0 Å². The summed E-state index contributed by atoms with van der Waals surface area (Å²) >= 11 is 1.28. The molecule has 1 unspecified atom stereocenters. The summed E-state index contributed by atoms with van der Waals surface area (Å²) in [6, 6.07) is 19.0. The van der Waals surface area contributed by atoms with Gasteiger partial charge in [0.15, 0.2) is 5.13 Å². The van der Waals surface area contributed by atoms with Gasteiger partial charge in [0, 0.05) is 5.56 Å². The Morgan fingerprint density at radius 3 is 2.38 bits per heavy atom. The molecule has 1 fully saturated rings. The van der Waals surface area contributed by atoms with Crippen LogP contribution in [-0.2, 0) is 9.59 Å². The van der Waals surface area contributed by atoms with E-state index in [-0.39, 0.29) is 11.3 Å². The van der Waals surface area contributed by atoms with Crippen molar-refractivity contribution in [3.8, 4) is 0 Å². The van der Waals surface area contributed by atoms with Crippen molar-refractivity contribution in [3.05, 3.63) is 101 Å². The molecule has 1 aliphatic heterocycles. The van der Waals surface area contributed by atoms with Crippen LogP contribution >= 0.6 is 11.3 Å². The fraction of sp³-hybridized carbons (Fsp3) is 0.0800. The molecule has 5 nitrogen and oxygen atoms in total. The largest absolute Gasteiger partial charge is 0.507 e. The number of halogens is 1. The normalized spacial score (nSPS) is 17.9. The monoisotopic (exact) mass is 444 g/mol. The van der Waals surface area contributed by atoms with E-state index in [0.717, 1.165) is 10.3 Å². The molecule has 1 aromatic heterocycles. The molecule has 1 aliphatic rings. The van der Waals surface area contributed by atoms with Gasteiger partial charge in [-0.05, 0) is 36.8 Å². The number of thiazole rings is 1. The average Bonchev–Trinajstić information content (AvgIpc) is 3.33. The fourth-order valence-corrected chi connectivity index (χ4v) is 4.81. The molecule has 2 heterocycles. The van der Waals surface area contributed by atoms with E-state index >= 15 is 0 Å². The van der Waals surface area contributed by atoms with E-state index in [1.165, 1.54) is 40.5 Å². The van der Waals surface area contributed by atoms with E-state index in [0.29, 0.717) is 21.8 Å². The lowest BCUT2D eigenvalue weighted by Crippen LogP contribution is -2.29. The molecule has 1 atom stereocenters. The number of Topliss-reactive ketones (excluding diaryl/α,β-unsaturated/α-hetero) is 1. The number of para-hydroxylation sites is 1. The third-order valence-corrected chi connectivity index (χ3v) is 6.48. The Kier molecular flexibility index (Phi) is 4.83. The Morgan fingerprint density at radius 1 is 1.00 bits per heavy atom. The quantitative estimate of drug-likeness (QED) is 0.262. The minimum absolute atomic E-state index is 0.0512. The summed E-state index contributed by atoms with van der Waals surface area (Å²) in [5, 5.41) is 11.4. The zero-order valence-corrected chi connectivity index (χ0v) is 17.8. The number of aliphatic hydroxyl groups is 1. The third kappa shape index (κ3) is 3.27. The van der Waals surface area contributed by atoms with E-state index in [4.69, 9.17) is 0 Å². The van der Waals surface area contributed by atoms with Crippen LogP contribution in [0.25, 0.3) is 16.0 Å². The highest BCUT2D eigenvalue weighted by atomic mass is 32.1. The summed E-state index contributed by atoms with van der Waals surface area (Å²) in [4.78, 5) is 32.1. The van der Waals surface area contributed by atoms with Gasteiger partial charge in [-0.3, -0.25) is 14.5 Å². The average molecular weight is 444 g/mol. The Labute approximate surface area is 187 Å². The molecular formula is C25H17FN2O3S. The van der Waals surface area contributed by atoms with Gasteiger partial charge < -0.3 is 5.11 Å². The van der Waals surface area contributed by atoms with Gasteiger partial charge in [0.1, 0.15) is 11.6 Å². The molecule has 0 aliphatic carbocycles. The van der Waals surface area contributed by atoms with Crippen molar-refractivity contribution in [2.24, 2.45) is 0 Å². The first kappa shape index (κ1) is 20.1. The summed E-state index contributed by atoms with van der Waals surface area (Å²) < 4.78 is 14.5. The van der Waals surface area contributed by atoms with Crippen LogP contribution in [0.15, 0.2) is 78.4 Å². The molecule has 0 saturated carbocycles. The molecule has 1 saturated heterocycles. The molecule has 5 rings (SSSR count). The number of nitrogens with zero attached hydrogens (tertiary/aromatic N) is 2. The number of benzene rings is 3. The van der Waals surface area contributed by atoms with Gasteiger partial charge >= 0.3 is 5.91 Å². The number of carbonyl (C=O) groups excluding carboxylic acids is 2. The molecule has 158 valence electrons. The van der Waals surface area contributed by atoms with E-state index in [9.17, 15) is 19.1 Å². The standard InChI is InChI=1S/C25H17FN2O3S/c1-14-6-8-16(9-7-14)22(29)20-21(15-10-12-17(26)13-11-15)28(24(31)23(20)30)25-27-18-4-2-3-5-19(18)32-25/h2-13,21,29H,1H3.